The summed E-state index contributed by atoms with van der Waals surface area (Å²) in [4.78, 5) is 0.0739. The van der Waals surface area contributed by atoms with Gasteiger partial charge >= 0.3 is 0 Å². The molecule has 0 bridgehead atoms. The number of hydrogen-bond acceptors (Lipinski definition) is 1. The van der Waals surface area contributed by atoms with Crippen molar-refractivity contribution < 1.29 is 56.2 Å². The van der Waals surface area contributed by atoms with Crippen LogP contribution in [-0.2, 0) is 10.8 Å². The van der Waals surface area contributed by atoms with Gasteiger partial charge in [-0.1, -0.05) is 183 Å². The topological polar surface area (TPSA) is 3.24 Å². The van der Waals surface area contributed by atoms with Gasteiger partial charge in [0.2, 0.25) is 0 Å². The molecular formula is C58H41N. The van der Waals surface area contributed by atoms with Crippen molar-refractivity contribution in [3.05, 3.63) is 245 Å². The summed E-state index contributed by atoms with van der Waals surface area (Å²) in [5.41, 5.74) is -26.5. The standard InChI is InChI=1S/C58H41N/c1-57(2)51-20-10-6-16-45(51)49-35-33-44(37-55(49)57)59(42-29-24-39(25-30-42)38-14-4-3-5-15-38)43-31-26-40(27-32-43)41-28-34-50-48-19-9-13-23-54(48)58(56(50)36-41)52-21-11-7-17-46(52)47-18-8-12-22-53(47)58/h3-37H,1-2H3/i1D3,2D3,3D,4D,5D,6D,7D,8D,9D,10D,11D,12D,13D,14D,15D,16D,17D,18D,19D,20D,21D,22D,23D,24D,25D,26D,27D,28D,29D,30D,31D,32D,33D,34D,35D,36D,37D. The molecule has 12 rings (SSSR count). The van der Waals surface area contributed by atoms with E-state index in [0.717, 1.165) is 0 Å². The third-order valence-electron chi connectivity index (χ3n) is 10.3. The molecule has 3 aliphatic carbocycles. The lowest BCUT2D eigenvalue weighted by Crippen LogP contribution is -2.25. The summed E-state index contributed by atoms with van der Waals surface area (Å²) in [5, 5.41) is 0. The van der Waals surface area contributed by atoms with Crippen molar-refractivity contribution in [1.82, 2.24) is 0 Å². The highest BCUT2D eigenvalue weighted by Crippen LogP contribution is 2.63. The molecule has 0 N–H and O–H groups in total. The summed E-state index contributed by atoms with van der Waals surface area (Å²) >= 11 is 0. The first kappa shape index (κ1) is 12.4. The maximum atomic E-state index is 10.4. The summed E-state index contributed by atoms with van der Waals surface area (Å²) in [6, 6.07) is -42.5. The first-order valence-corrected chi connectivity index (χ1v) is 17.4. The van der Waals surface area contributed by atoms with E-state index in [2.05, 4.69) is 0 Å². The highest BCUT2D eigenvalue weighted by Gasteiger charge is 2.51. The average molecular weight is 793 g/mol. The van der Waals surface area contributed by atoms with Gasteiger partial charge in [-0.3, -0.25) is 0 Å². The van der Waals surface area contributed by atoms with Crippen molar-refractivity contribution in [1.29, 1.82) is 0 Å². The zero-order valence-electron chi connectivity index (χ0n) is 70.4. The number of fused-ring (bicyclic) bond motifs is 13. The minimum atomic E-state index is -4.11. The van der Waals surface area contributed by atoms with Crippen molar-refractivity contribution >= 4 is 17.1 Å². The number of anilines is 3. The Bertz CT molecular complexity index is 5210. The van der Waals surface area contributed by atoms with Crippen LogP contribution in [0, 0.1) is 0 Å². The summed E-state index contributed by atoms with van der Waals surface area (Å²) < 4.78 is 379. The second kappa shape index (κ2) is 12.6. The van der Waals surface area contributed by atoms with E-state index in [1.165, 1.54) is 0 Å². The Labute approximate surface area is 404 Å². The van der Waals surface area contributed by atoms with Crippen LogP contribution in [0.3, 0.4) is 0 Å². The third-order valence-corrected chi connectivity index (χ3v) is 10.3. The van der Waals surface area contributed by atoms with E-state index in [1.54, 1.807) is 0 Å². The van der Waals surface area contributed by atoms with E-state index in [4.69, 9.17) is 28.8 Å². The van der Waals surface area contributed by atoms with E-state index in [-0.39, 0.29) is 4.90 Å². The second-order valence-electron chi connectivity index (χ2n) is 13.3. The van der Waals surface area contributed by atoms with Crippen LogP contribution in [0.2, 0.25) is 0 Å². The molecule has 3 aliphatic rings. The molecule has 1 nitrogen and oxygen atoms in total. The minimum absolute atomic E-state index is 0.0739. The molecule has 9 aromatic rings. The maximum absolute atomic E-state index is 10.4. The van der Waals surface area contributed by atoms with E-state index in [1.807, 2.05) is 0 Å². The van der Waals surface area contributed by atoms with Gasteiger partial charge in [0, 0.05) is 30.7 Å². The molecule has 0 aromatic heterocycles. The molecule has 1 heteroatoms. The van der Waals surface area contributed by atoms with Gasteiger partial charge in [0.25, 0.3) is 0 Å². The highest BCUT2D eigenvalue weighted by molar-refractivity contribution is 5.96. The molecule has 59 heavy (non-hydrogen) atoms. The number of nitrogens with zero attached hydrogens (tertiary/aromatic N) is 1. The minimum Gasteiger partial charge on any atom is -0.310 e. The first-order valence-electron chi connectivity index (χ1n) is 37.9. The molecule has 9 aromatic carbocycles. The molecule has 0 saturated carbocycles. The van der Waals surface area contributed by atoms with Gasteiger partial charge in [0.15, 0.2) is 0 Å². The molecule has 1 spiro atoms. The van der Waals surface area contributed by atoms with Crippen LogP contribution in [0.4, 0.5) is 17.1 Å². The highest BCUT2D eigenvalue weighted by atomic mass is 15.1. The Morgan fingerprint density at radius 3 is 1.27 bits per heavy atom. The van der Waals surface area contributed by atoms with Crippen LogP contribution in [0.25, 0.3) is 55.6 Å². The third kappa shape index (κ3) is 4.79. The molecule has 0 unspecified atom stereocenters. The largest absolute Gasteiger partial charge is 0.310 e. The van der Waals surface area contributed by atoms with E-state index < -0.39 is 342 Å². The van der Waals surface area contributed by atoms with Gasteiger partial charge in [-0.2, -0.15) is 0 Å². The second-order valence-corrected chi connectivity index (χ2v) is 13.3. The average Bonchev–Trinajstić information content (AvgIpc) is 1.48. The zero-order valence-corrected chi connectivity index (χ0v) is 29.4. The van der Waals surface area contributed by atoms with E-state index in [0.29, 0.717) is 0 Å². The molecule has 0 heterocycles. The van der Waals surface area contributed by atoms with Crippen molar-refractivity contribution in [2.24, 2.45) is 0 Å². The first-order chi connectivity index (χ1) is 46.1. The van der Waals surface area contributed by atoms with Crippen molar-refractivity contribution in [2.45, 2.75) is 24.5 Å². The van der Waals surface area contributed by atoms with E-state index >= 15 is 0 Å². The Morgan fingerprint density at radius 2 is 0.712 bits per heavy atom. The zero-order chi connectivity index (χ0) is 74.8. The molecule has 0 atom stereocenters. The van der Waals surface area contributed by atoms with Crippen LogP contribution < -0.4 is 4.90 Å². The Hall–Kier alpha value is -7.22. The normalized spacial score (nSPS) is 24.4. The molecule has 0 fully saturated rings. The summed E-state index contributed by atoms with van der Waals surface area (Å²) in [6.45, 7) is -8.22. The van der Waals surface area contributed by atoms with Gasteiger partial charge in [0.1, 0.15) is 0 Å². The van der Waals surface area contributed by atoms with Crippen LogP contribution in [0.1, 0.15) is 103 Å². The van der Waals surface area contributed by atoms with Crippen molar-refractivity contribution in [3.8, 4) is 55.6 Å². The van der Waals surface area contributed by atoms with E-state index in [9.17, 15) is 27.4 Å². The van der Waals surface area contributed by atoms with Crippen LogP contribution in [0.15, 0.2) is 211 Å². The SMILES string of the molecule is [2H]c1c([2H])c([2H])c(-c2c([2H])c([2H])c(N(c3c([2H])c([2H])c(-c4c([2H])c([2H])c5c(c4[2H])C4(c6c([2H])c([2H])c([2H])c([2H])c6-c6c([2H])c([2H])c([2H])c([2H])c64)c4c([2H])c([2H])c([2H])c([2H])c4-5)c([2H])c3[2H])c3c([2H])c([2H])c4c(c3[2H])C(C([2H])([2H])[2H])(C([2H])([2H])[2H])c3c([2H])c([2H])c([2H])c([2H])c3-4)c([2H])c2[2H])c([2H])c1[2H]. The Morgan fingerprint density at radius 1 is 0.322 bits per heavy atom. The predicted molar refractivity (Wildman–Crippen MR) is 246 cm³/mol. The smallest absolute Gasteiger partial charge is 0.0725 e. The van der Waals surface area contributed by atoms with Gasteiger partial charge in [0.05, 0.1) is 53.4 Å². The molecular weight excluding hydrogens is 711 g/mol. The summed E-state index contributed by atoms with van der Waals surface area (Å²) in [6.07, 6.45) is 0. The van der Waals surface area contributed by atoms with Gasteiger partial charge in [-0.25, -0.2) is 0 Å². The number of rotatable bonds is 5. The fourth-order valence-electron chi connectivity index (χ4n) is 7.77. The van der Waals surface area contributed by atoms with Crippen LogP contribution >= 0.6 is 0 Å². The van der Waals surface area contributed by atoms with Crippen LogP contribution in [-0.4, -0.2) is 0 Å². The van der Waals surface area contributed by atoms with Gasteiger partial charge in [-0.15, -0.1) is 0 Å². The van der Waals surface area contributed by atoms with Crippen molar-refractivity contribution in [3.63, 3.8) is 0 Å². The summed E-state index contributed by atoms with van der Waals surface area (Å²) in [7, 11) is 0. The van der Waals surface area contributed by atoms with Crippen LogP contribution in [0.5, 0.6) is 0 Å². The molecule has 0 amide bonds. The lowest BCUT2D eigenvalue weighted by molar-refractivity contribution is 0.660. The molecule has 278 valence electrons. The fourth-order valence-corrected chi connectivity index (χ4v) is 7.77. The molecule has 0 aliphatic heterocycles. The van der Waals surface area contributed by atoms with Gasteiger partial charge < -0.3 is 4.90 Å². The van der Waals surface area contributed by atoms with Crippen molar-refractivity contribution in [2.75, 3.05) is 4.90 Å². The lowest BCUT2D eigenvalue weighted by Gasteiger charge is -2.30. The Balaban J connectivity index is 1.28. The number of hydrogen-bond donors (Lipinski definition) is 0. The number of benzene rings is 9. The Kier molecular flexibility index (Phi) is 2.66. The maximum Gasteiger partial charge on any atom is 0.0725 e. The monoisotopic (exact) mass is 793 g/mol. The summed E-state index contributed by atoms with van der Waals surface area (Å²) in [5.74, 6) is 0. The predicted octanol–water partition coefficient (Wildman–Crippen LogP) is 15.1. The fraction of sp³-hybridized carbons (Fsp3) is 0.0690. The quantitative estimate of drug-likeness (QED) is 0.168. The molecule has 0 radical (unpaired) electrons. The molecule has 0 saturated heterocycles. The van der Waals surface area contributed by atoms with Gasteiger partial charge in [-0.05, 0) is 131 Å². The lowest BCUT2D eigenvalue weighted by atomic mass is 9.70.